The normalized spacial score (nSPS) is 26.6. The van der Waals surface area contributed by atoms with Gasteiger partial charge in [0, 0.05) is 45.4 Å². The van der Waals surface area contributed by atoms with Gasteiger partial charge in [-0.2, -0.15) is 0 Å². The van der Waals surface area contributed by atoms with Gasteiger partial charge in [-0.25, -0.2) is 0 Å². The van der Waals surface area contributed by atoms with Gasteiger partial charge in [0.25, 0.3) is 0 Å². The zero-order valence-corrected chi connectivity index (χ0v) is 18.1. The summed E-state index contributed by atoms with van der Waals surface area (Å²) in [4.78, 5) is 5.48. The molecule has 3 fully saturated rings. The summed E-state index contributed by atoms with van der Waals surface area (Å²) < 4.78 is 5.37. The summed E-state index contributed by atoms with van der Waals surface area (Å²) in [5.41, 5.74) is 3.73. The molecule has 4 heteroatoms. The molecule has 4 rings (SSSR count). The minimum Gasteiger partial charge on any atom is -0.383 e. The van der Waals surface area contributed by atoms with Crippen LogP contribution in [0.1, 0.15) is 62.6 Å². The molecule has 0 bridgehead atoms. The van der Waals surface area contributed by atoms with Gasteiger partial charge in [0.15, 0.2) is 0 Å². The number of rotatable bonds is 6. The monoisotopic (exact) mass is 385 g/mol. The number of benzene rings is 1. The molecular weight excluding hydrogens is 346 g/mol. The van der Waals surface area contributed by atoms with E-state index in [0.717, 1.165) is 25.7 Å². The second-order valence-electron chi connectivity index (χ2n) is 9.64. The van der Waals surface area contributed by atoms with Gasteiger partial charge in [-0.05, 0) is 61.2 Å². The van der Waals surface area contributed by atoms with E-state index in [9.17, 15) is 0 Å². The first-order valence-corrected chi connectivity index (χ1v) is 11.4. The molecule has 2 heterocycles. The minimum absolute atomic E-state index is 0.522. The molecule has 3 aliphatic rings. The highest BCUT2D eigenvalue weighted by Gasteiger charge is 2.49. The number of piperidine rings is 1. The van der Waals surface area contributed by atoms with Crippen LogP contribution in [0.5, 0.6) is 0 Å². The maximum Gasteiger partial charge on any atom is 0.0589 e. The summed E-state index contributed by atoms with van der Waals surface area (Å²) >= 11 is 0. The molecule has 1 N–H and O–H groups in total. The van der Waals surface area contributed by atoms with Gasteiger partial charge in [-0.15, -0.1) is 0 Å². The van der Waals surface area contributed by atoms with Gasteiger partial charge in [-0.1, -0.05) is 38.1 Å². The van der Waals surface area contributed by atoms with Crippen molar-refractivity contribution in [3.05, 3.63) is 35.4 Å². The molecular formula is C24H39N3O. The lowest BCUT2D eigenvalue weighted by Crippen LogP contribution is -2.60. The first-order chi connectivity index (χ1) is 13.6. The highest BCUT2D eigenvalue weighted by molar-refractivity contribution is 5.33. The van der Waals surface area contributed by atoms with Crippen LogP contribution in [-0.4, -0.2) is 68.8 Å². The van der Waals surface area contributed by atoms with Crippen LogP contribution in [0, 0.1) is 5.41 Å². The van der Waals surface area contributed by atoms with Crippen molar-refractivity contribution >= 4 is 0 Å². The number of nitrogens with one attached hydrogen (secondary N) is 1. The first-order valence-electron chi connectivity index (χ1n) is 11.4. The highest BCUT2D eigenvalue weighted by Crippen LogP contribution is 2.51. The lowest BCUT2D eigenvalue weighted by atomic mass is 9.60. The zero-order valence-electron chi connectivity index (χ0n) is 18.1. The van der Waals surface area contributed by atoms with Gasteiger partial charge in [0.1, 0.15) is 0 Å². The summed E-state index contributed by atoms with van der Waals surface area (Å²) in [5, 5.41) is 3.55. The van der Waals surface area contributed by atoms with E-state index in [1.165, 1.54) is 57.4 Å². The van der Waals surface area contributed by atoms with E-state index in [0.29, 0.717) is 17.4 Å². The SMILES string of the molecule is COCCN1CCN(C2CC3(CCNCC3)C2)[C@H](c2ccccc2C(C)C)C1. The largest absolute Gasteiger partial charge is 0.383 e. The Morgan fingerprint density at radius 1 is 1.14 bits per heavy atom. The summed E-state index contributed by atoms with van der Waals surface area (Å²) in [6, 6.07) is 10.5. The van der Waals surface area contributed by atoms with Crippen LogP contribution in [0.4, 0.5) is 0 Å². The van der Waals surface area contributed by atoms with Crippen molar-refractivity contribution in [1.82, 2.24) is 15.1 Å². The molecule has 2 saturated heterocycles. The molecule has 1 saturated carbocycles. The number of nitrogens with zero attached hydrogens (tertiary/aromatic N) is 2. The highest BCUT2D eigenvalue weighted by atomic mass is 16.5. The van der Waals surface area contributed by atoms with Crippen molar-refractivity contribution < 1.29 is 4.74 Å². The predicted octanol–water partition coefficient (Wildman–Crippen LogP) is 3.65. The topological polar surface area (TPSA) is 27.7 Å². The fraction of sp³-hybridized carbons (Fsp3) is 0.750. The van der Waals surface area contributed by atoms with Crippen molar-refractivity contribution in [3.8, 4) is 0 Å². The molecule has 1 aliphatic carbocycles. The Bertz CT molecular complexity index is 632. The van der Waals surface area contributed by atoms with E-state index in [2.05, 4.69) is 53.2 Å². The third-order valence-electron chi connectivity index (χ3n) is 7.57. The zero-order chi connectivity index (χ0) is 19.6. The van der Waals surface area contributed by atoms with Gasteiger partial charge in [0.2, 0.25) is 0 Å². The van der Waals surface area contributed by atoms with Crippen LogP contribution in [0.15, 0.2) is 24.3 Å². The molecule has 28 heavy (non-hydrogen) atoms. The fourth-order valence-electron chi connectivity index (χ4n) is 5.87. The lowest BCUT2D eigenvalue weighted by molar-refractivity contribution is -0.0656. The second kappa shape index (κ2) is 8.83. The Balaban J connectivity index is 1.53. The van der Waals surface area contributed by atoms with Gasteiger partial charge in [-0.3, -0.25) is 9.80 Å². The number of hydrogen-bond donors (Lipinski definition) is 1. The van der Waals surface area contributed by atoms with Crippen LogP contribution in [0.25, 0.3) is 0 Å². The average molecular weight is 386 g/mol. The third kappa shape index (κ3) is 4.16. The summed E-state index contributed by atoms with van der Waals surface area (Å²) in [6.07, 6.45) is 5.58. The van der Waals surface area contributed by atoms with Crippen LogP contribution in [-0.2, 0) is 4.74 Å². The quantitative estimate of drug-likeness (QED) is 0.809. The number of piperazine rings is 1. The van der Waals surface area contributed by atoms with E-state index in [4.69, 9.17) is 4.74 Å². The molecule has 0 aromatic heterocycles. The van der Waals surface area contributed by atoms with Crippen LogP contribution < -0.4 is 5.32 Å². The van der Waals surface area contributed by atoms with E-state index >= 15 is 0 Å². The van der Waals surface area contributed by atoms with E-state index in [1.54, 1.807) is 5.56 Å². The average Bonchev–Trinajstić information content (AvgIpc) is 2.71. The number of ether oxygens (including phenoxy) is 1. The second-order valence-corrected chi connectivity index (χ2v) is 9.64. The summed E-state index contributed by atoms with van der Waals surface area (Å²) in [7, 11) is 1.81. The predicted molar refractivity (Wildman–Crippen MR) is 116 cm³/mol. The summed E-state index contributed by atoms with van der Waals surface area (Å²) in [5.74, 6) is 0.574. The Kier molecular flexibility index (Phi) is 6.41. The van der Waals surface area contributed by atoms with Gasteiger partial charge < -0.3 is 10.1 Å². The Labute approximate surface area is 171 Å². The van der Waals surface area contributed by atoms with Gasteiger partial charge in [0.05, 0.1) is 6.61 Å². The van der Waals surface area contributed by atoms with Crippen LogP contribution in [0.3, 0.4) is 0 Å². The fourth-order valence-corrected chi connectivity index (χ4v) is 5.87. The van der Waals surface area contributed by atoms with Crippen molar-refractivity contribution in [2.45, 2.75) is 57.5 Å². The van der Waals surface area contributed by atoms with Crippen molar-refractivity contribution in [2.24, 2.45) is 5.41 Å². The lowest BCUT2D eigenvalue weighted by Gasteiger charge is -2.57. The Morgan fingerprint density at radius 2 is 1.89 bits per heavy atom. The molecule has 1 aromatic rings. The molecule has 4 nitrogen and oxygen atoms in total. The maximum atomic E-state index is 5.37. The van der Waals surface area contributed by atoms with E-state index in [1.807, 2.05) is 7.11 Å². The summed E-state index contributed by atoms with van der Waals surface area (Å²) in [6.45, 7) is 12.5. The minimum atomic E-state index is 0.522. The maximum absolute atomic E-state index is 5.37. The molecule has 0 unspecified atom stereocenters. The molecule has 1 spiro atoms. The van der Waals surface area contributed by atoms with E-state index in [-0.39, 0.29) is 0 Å². The Morgan fingerprint density at radius 3 is 2.61 bits per heavy atom. The molecule has 156 valence electrons. The van der Waals surface area contributed by atoms with Crippen molar-refractivity contribution in [2.75, 3.05) is 53.0 Å². The smallest absolute Gasteiger partial charge is 0.0589 e. The molecule has 2 aliphatic heterocycles. The molecule has 1 aromatic carbocycles. The first kappa shape index (κ1) is 20.3. The van der Waals surface area contributed by atoms with Gasteiger partial charge >= 0.3 is 0 Å². The standard InChI is InChI=1S/C24H39N3O/c1-19(2)21-6-4-5-7-22(21)23-18-26(14-15-28-3)12-13-27(23)20-16-24(17-20)8-10-25-11-9-24/h4-7,19-20,23,25H,8-18H2,1-3H3/t23-/m0/s1. The molecule has 1 atom stereocenters. The number of methoxy groups -OCH3 is 1. The number of hydrogen-bond acceptors (Lipinski definition) is 4. The van der Waals surface area contributed by atoms with Crippen molar-refractivity contribution in [1.29, 1.82) is 0 Å². The van der Waals surface area contributed by atoms with Crippen LogP contribution in [0.2, 0.25) is 0 Å². The molecule has 0 radical (unpaired) electrons. The van der Waals surface area contributed by atoms with Crippen molar-refractivity contribution in [3.63, 3.8) is 0 Å². The molecule has 0 amide bonds. The van der Waals surface area contributed by atoms with Crippen LogP contribution >= 0.6 is 0 Å². The third-order valence-corrected chi connectivity index (χ3v) is 7.57. The van der Waals surface area contributed by atoms with E-state index < -0.39 is 0 Å². The Hall–Kier alpha value is -0.940.